The lowest BCUT2D eigenvalue weighted by atomic mass is 10.1. The summed E-state index contributed by atoms with van der Waals surface area (Å²) < 4.78 is 6.73. The molecule has 27 heavy (non-hydrogen) atoms. The molecular weight excluding hydrogens is 348 g/mol. The zero-order valence-electron chi connectivity index (χ0n) is 14.7. The predicted molar refractivity (Wildman–Crippen MR) is 95.3 cm³/mol. The van der Waals surface area contributed by atoms with E-state index in [2.05, 4.69) is 20.8 Å². The van der Waals surface area contributed by atoms with E-state index < -0.39 is 6.04 Å². The fourth-order valence-corrected chi connectivity index (χ4v) is 3.31. The maximum Gasteiger partial charge on any atom is 0.290 e. The third kappa shape index (κ3) is 3.31. The van der Waals surface area contributed by atoms with Crippen LogP contribution in [0.1, 0.15) is 29.0 Å². The first-order valence-corrected chi connectivity index (χ1v) is 8.63. The van der Waals surface area contributed by atoms with Gasteiger partial charge in [-0.05, 0) is 66.1 Å². The summed E-state index contributed by atoms with van der Waals surface area (Å²) in [6.45, 7) is 2.45. The molecule has 0 bridgehead atoms. The molecule has 0 saturated carbocycles. The van der Waals surface area contributed by atoms with E-state index in [0.717, 1.165) is 17.7 Å². The number of amides is 2. The van der Waals surface area contributed by atoms with Crippen LogP contribution in [0.25, 0.3) is 5.69 Å². The van der Waals surface area contributed by atoms with Crippen LogP contribution in [-0.4, -0.2) is 49.5 Å². The van der Waals surface area contributed by atoms with Crippen LogP contribution in [0.15, 0.2) is 47.3 Å². The van der Waals surface area contributed by atoms with Gasteiger partial charge in [0, 0.05) is 12.2 Å². The number of carbonyl (C=O) groups is 2. The van der Waals surface area contributed by atoms with Crippen LogP contribution < -0.4 is 5.32 Å². The highest BCUT2D eigenvalue weighted by molar-refractivity contribution is 6.00. The van der Waals surface area contributed by atoms with Gasteiger partial charge in [-0.15, -0.1) is 5.10 Å². The van der Waals surface area contributed by atoms with E-state index in [1.807, 2.05) is 19.1 Å². The minimum absolute atomic E-state index is 0.207. The zero-order chi connectivity index (χ0) is 18.8. The summed E-state index contributed by atoms with van der Waals surface area (Å²) in [5.41, 5.74) is 2.40. The Morgan fingerprint density at radius 1 is 1.30 bits per heavy atom. The number of furan rings is 1. The maximum atomic E-state index is 12.8. The van der Waals surface area contributed by atoms with Crippen molar-refractivity contribution in [3.63, 3.8) is 0 Å². The van der Waals surface area contributed by atoms with E-state index in [0.29, 0.717) is 18.7 Å². The van der Waals surface area contributed by atoms with Gasteiger partial charge in [0.05, 0.1) is 12.0 Å². The second-order valence-corrected chi connectivity index (χ2v) is 6.38. The summed E-state index contributed by atoms with van der Waals surface area (Å²) in [5.74, 6) is -0.221. The molecule has 1 N–H and O–H groups in total. The van der Waals surface area contributed by atoms with E-state index in [1.54, 1.807) is 27.8 Å². The Morgan fingerprint density at radius 2 is 2.19 bits per heavy atom. The first-order chi connectivity index (χ1) is 13.1. The number of benzene rings is 1. The number of nitrogens with zero attached hydrogens (tertiary/aromatic N) is 5. The number of anilines is 1. The molecule has 1 saturated heterocycles. The molecule has 2 aromatic heterocycles. The van der Waals surface area contributed by atoms with Gasteiger partial charge in [-0.3, -0.25) is 9.59 Å². The molecule has 9 nitrogen and oxygen atoms in total. The smallest absolute Gasteiger partial charge is 0.290 e. The van der Waals surface area contributed by atoms with Gasteiger partial charge in [-0.2, -0.15) is 0 Å². The van der Waals surface area contributed by atoms with Crippen molar-refractivity contribution in [2.24, 2.45) is 0 Å². The quantitative estimate of drug-likeness (QED) is 0.755. The van der Waals surface area contributed by atoms with Gasteiger partial charge < -0.3 is 14.6 Å². The zero-order valence-corrected chi connectivity index (χ0v) is 14.7. The van der Waals surface area contributed by atoms with Crippen molar-refractivity contribution in [1.29, 1.82) is 0 Å². The van der Waals surface area contributed by atoms with Crippen molar-refractivity contribution in [2.45, 2.75) is 25.8 Å². The fourth-order valence-electron chi connectivity index (χ4n) is 3.31. The van der Waals surface area contributed by atoms with E-state index in [1.165, 1.54) is 12.6 Å². The number of tetrazole rings is 1. The van der Waals surface area contributed by atoms with Gasteiger partial charge in [0.15, 0.2) is 5.76 Å². The third-order valence-electron chi connectivity index (χ3n) is 4.61. The van der Waals surface area contributed by atoms with Gasteiger partial charge >= 0.3 is 0 Å². The molecule has 0 spiro atoms. The minimum Gasteiger partial charge on any atom is -0.459 e. The molecular formula is C18H18N6O3. The van der Waals surface area contributed by atoms with Gasteiger partial charge in [0.2, 0.25) is 5.91 Å². The molecule has 1 aromatic carbocycles. The van der Waals surface area contributed by atoms with Crippen LogP contribution in [-0.2, 0) is 4.79 Å². The number of hydrogen-bond acceptors (Lipinski definition) is 6. The van der Waals surface area contributed by atoms with Crippen LogP contribution in [0.3, 0.4) is 0 Å². The normalized spacial score (nSPS) is 16.5. The van der Waals surface area contributed by atoms with E-state index in [4.69, 9.17) is 4.42 Å². The Bertz CT molecular complexity index is 952. The van der Waals surface area contributed by atoms with Gasteiger partial charge in [-0.25, -0.2) is 4.68 Å². The number of aryl methyl sites for hydroxylation is 1. The fraction of sp³-hybridized carbons (Fsp3) is 0.278. The van der Waals surface area contributed by atoms with E-state index >= 15 is 0 Å². The average Bonchev–Trinajstić information content (AvgIpc) is 3.43. The van der Waals surface area contributed by atoms with E-state index in [-0.39, 0.29) is 17.6 Å². The van der Waals surface area contributed by atoms with Crippen molar-refractivity contribution in [3.8, 4) is 5.69 Å². The Labute approximate surface area is 155 Å². The molecule has 1 unspecified atom stereocenters. The number of rotatable bonds is 4. The Kier molecular flexibility index (Phi) is 4.41. The SMILES string of the molecule is Cc1cc(NC(=O)C2CCCN2C(=O)c2ccco2)ccc1-n1cnnn1. The number of carbonyl (C=O) groups excluding carboxylic acids is 2. The van der Waals surface area contributed by atoms with Crippen LogP contribution in [0.4, 0.5) is 5.69 Å². The maximum absolute atomic E-state index is 12.8. The van der Waals surface area contributed by atoms with Crippen LogP contribution in [0, 0.1) is 6.92 Å². The summed E-state index contributed by atoms with van der Waals surface area (Å²) >= 11 is 0. The number of hydrogen-bond donors (Lipinski definition) is 1. The molecule has 138 valence electrons. The molecule has 4 rings (SSSR count). The first-order valence-electron chi connectivity index (χ1n) is 8.63. The lowest BCUT2D eigenvalue weighted by molar-refractivity contribution is -0.119. The summed E-state index contributed by atoms with van der Waals surface area (Å²) in [7, 11) is 0. The van der Waals surface area contributed by atoms with Crippen molar-refractivity contribution in [1.82, 2.24) is 25.1 Å². The standard InChI is InChI=1S/C18H18N6O3/c1-12-10-13(6-7-14(12)24-11-19-21-22-24)20-17(25)15-4-2-8-23(15)18(26)16-5-3-9-27-16/h3,5-7,9-11,15H,2,4,8H2,1H3,(H,20,25). The van der Waals surface area contributed by atoms with Gasteiger partial charge in [0.25, 0.3) is 5.91 Å². The Hall–Kier alpha value is -3.49. The lowest BCUT2D eigenvalue weighted by Gasteiger charge is -2.23. The van der Waals surface area contributed by atoms with Crippen molar-refractivity contribution < 1.29 is 14.0 Å². The van der Waals surface area contributed by atoms with Gasteiger partial charge in [0.1, 0.15) is 12.4 Å². The second kappa shape index (κ2) is 7.02. The highest BCUT2D eigenvalue weighted by Crippen LogP contribution is 2.23. The molecule has 1 aliphatic rings. The van der Waals surface area contributed by atoms with Crippen LogP contribution in [0.2, 0.25) is 0 Å². The molecule has 3 aromatic rings. The molecule has 9 heteroatoms. The molecule has 1 fully saturated rings. The number of aromatic nitrogens is 4. The lowest BCUT2D eigenvalue weighted by Crippen LogP contribution is -2.43. The van der Waals surface area contributed by atoms with Gasteiger partial charge in [-0.1, -0.05) is 0 Å². The largest absolute Gasteiger partial charge is 0.459 e. The van der Waals surface area contributed by atoms with Crippen molar-refractivity contribution in [2.75, 3.05) is 11.9 Å². The molecule has 1 aliphatic heterocycles. The summed E-state index contributed by atoms with van der Waals surface area (Å²) in [5, 5.41) is 14.0. The minimum atomic E-state index is -0.512. The number of likely N-dealkylation sites (tertiary alicyclic amines) is 1. The van der Waals surface area contributed by atoms with Crippen molar-refractivity contribution >= 4 is 17.5 Å². The third-order valence-corrected chi connectivity index (χ3v) is 4.61. The Morgan fingerprint density at radius 3 is 2.89 bits per heavy atom. The van der Waals surface area contributed by atoms with Crippen molar-refractivity contribution in [3.05, 3.63) is 54.2 Å². The highest BCUT2D eigenvalue weighted by Gasteiger charge is 2.35. The highest BCUT2D eigenvalue weighted by atomic mass is 16.3. The average molecular weight is 366 g/mol. The van der Waals surface area contributed by atoms with Crippen LogP contribution in [0.5, 0.6) is 0 Å². The molecule has 1 atom stereocenters. The molecule has 0 radical (unpaired) electrons. The summed E-state index contributed by atoms with van der Waals surface area (Å²) in [6.07, 6.45) is 4.37. The molecule has 0 aliphatic carbocycles. The first kappa shape index (κ1) is 17.0. The van der Waals surface area contributed by atoms with Crippen LogP contribution >= 0.6 is 0 Å². The molecule has 3 heterocycles. The summed E-state index contributed by atoms with van der Waals surface area (Å²) in [4.78, 5) is 26.9. The van der Waals surface area contributed by atoms with E-state index in [9.17, 15) is 9.59 Å². The second-order valence-electron chi connectivity index (χ2n) is 6.38. The predicted octanol–water partition coefficient (Wildman–Crippen LogP) is 1.81. The summed E-state index contributed by atoms with van der Waals surface area (Å²) in [6, 6.07) is 8.23. The number of nitrogens with one attached hydrogen (secondary N) is 1. The Balaban J connectivity index is 1.48. The topological polar surface area (TPSA) is 106 Å². The molecule has 2 amide bonds. The monoisotopic (exact) mass is 366 g/mol.